The Morgan fingerprint density at radius 3 is 2.80 bits per heavy atom. The molecule has 1 saturated heterocycles. The molecule has 0 spiro atoms. The maximum absolute atomic E-state index is 12.1. The number of amides is 1. The van der Waals surface area contributed by atoms with Crippen molar-refractivity contribution in [3.8, 4) is 5.88 Å². The SMILES string of the molecule is Cn1nc(OS(=O)C(F)(F)F)cc1CN1CCOC1=O. The smallest absolute Gasteiger partial charge is 0.448 e. The van der Waals surface area contributed by atoms with Gasteiger partial charge in [0.2, 0.25) is 5.88 Å². The van der Waals surface area contributed by atoms with E-state index < -0.39 is 28.6 Å². The van der Waals surface area contributed by atoms with Gasteiger partial charge in [0.15, 0.2) is 0 Å². The fraction of sp³-hybridized carbons (Fsp3) is 0.556. The summed E-state index contributed by atoms with van der Waals surface area (Å²) in [4.78, 5) is 12.6. The molecule has 1 aliphatic heterocycles. The Bertz CT molecular complexity index is 545. The predicted octanol–water partition coefficient (Wildman–Crippen LogP) is 0.935. The molecule has 1 aromatic heterocycles. The Hall–Kier alpha value is -1.78. The Morgan fingerprint density at radius 1 is 1.55 bits per heavy atom. The van der Waals surface area contributed by atoms with Gasteiger partial charge in [0.25, 0.3) is 0 Å². The van der Waals surface area contributed by atoms with Gasteiger partial charge in [0.05, 0.1) is 18.8 Å². The average Bonchev–Trinajstić information content (AvgIpc) is 2.86. The van der Waals surface area contributed by atoms with E-state index in [1.54, 1.807) is 0 Å². The summed E-state index contributed by atoms with van der Waals surface area (Å²) in [7, 11) is 1.47. The number of ether oxygens (including phenoxy) is 1. The van der Waals surface area contributed by atoms with Crippen LogP contribution in [0, 0.1) is 0 Å². The molecule has 0 aliphatic carbocycles. The molecule has 0 aromatic carbocycles. The molecule has 2 rings (SSSR count). The highest BCUT2D eigenvalue weighted by molar-refractivity contribution is 7.81. The van der Waals surface area contributed by atoms with Crippen LogP contribution < -0.4 is 4.18 Å². The van der Waals surface area contributed by atoms with Crippen LogP contribution in [-0.2, 0) is 29.4 Å². The third-order valence-electron chi connectivity index (χ3n) is 2.50. The third kappa shape index (κ3) is 3.21. The van der Waals surface area contributed by atoms with Crippen molar-refractivity contribution in [3.63, 3.8) is 0 Å². The lowest BCUT2D eigenvalue weighted by Gasteiger charge is -2.11. The second-order valence-electron chi connectivity index (χ2n) is 3.90. The largest absolute Gasteiger partial charge is 0.508 e. The molecule has 7 nitrogen and oxygen atoms in total. The fourth-order valence-corrected chi connectivity index (χ4v) is 1.89. The molecule has 1 aromatic rings. The van der Waals surface area contributed by atoms with Crippen LogP contribution in [0.1, 0.15) is 5.69 Å². The molecule has 0 bridgehead atoms. The minimum absolute atomic E-state index is 0.115. The number of nitrogens with zero attached hydrogens (tertiary/aromatic N) is 3. The van der Waals surface area contributed by atoms with Crippen molar-refractivity contribution in [3.05, 3.63) is 11.8 Å². The van der Waals surface area contributed by atoms with E-state index >= 15 is 0 Å². The zero-order valence-electron chi connectivity index (χ0n) is 10.2. The number of aryl methyl sites for hydroxylation is 1. The second kappa shape index (κ2) is 5.31. The second-order valence-corrected chi connectivity index (χ2v) is 5.00. The molecule has 20 heavy (non-hydrogen) atoms. The van der Waals surface area contributed by atoms with Gasteiger partial charge in [-0.15, -0.1) is 5.10 Å². The lowest BCUT2D eigenvalue weighted by molar-refractivity contribution is -0.0438. The van der Waals surface area contributed by atoms with Crippen molar-refractivity contribution in [1.29, 1.82) is 0 Å². The van der Waals surface area contributed by atoms with Crippen LogP contribution >= 0.6 is 0 Å². The molecular weight excluding hydrogens is 303 g/mol. The Kier molecular flexibility index (Phi) is 3.88. The van der Waals surface area contributed by atoms with Crippen LogP contribution in [-0.4, -0.2) is 43.6 Å². The van der Waals surface area contributed by atoms with E-state index in [4.69, 9.17) is 4.74 Å². The number of hydrogen-bond donors (Lipinski definition) is 0. The summed E-state index contributed by atoms with van der Waals surface area (Å²) in [6.45, 7) is 0.761. The zero-order valence-corrected chi connectivity index (χ0v) is 11.0. The Labute approximate surface area is 113 Å². The van der Waals surface area contributed by atoms with Gasteiger partial charge in [0.1, 0.15) is 6.61 Å². The maximum Gasteiger partial charge on any atom is 0.508 e. The number of cyclic esters (lactones) is 1. The molecule has 2 heterocycles. The topological polar surface area (TPSA) is 73.7 Å². The van der Waals surface area contributed by atoms with Gasteiger partial charge in [0, 0.05) is 13.1 Å². The van der Waals surface area contributed by atoms with Crippen molar-refractivity contribution in [2.24, 2.45) is 7.05 Å². The molecule has 0 N–H and O–H groups in total. The van der Waals surface area contributed by atoms with Crippen LogP contribution in [0.4, 0.5) is 18.0 Å². The minimum Gasteiger partial charge on any atom is -0.448 e. The first-order chi connectivity index (χ1) is 9.27. The van der Waals surface area contributed by atoms with E-state index in [0.29, 0.717) is 12.2 Å². The summed E-state index contributed by atoms with van der Waals surface area (Å²) >= 11 is -3.48. The lowest BCUT2D eigenvalue weighted by atomic mass is 10.4. The van der Waals surface area contributed by atoms with Crippen LogP contribution in [0.15, 0.2) is 6.07 Å². The van der Waals surface area contributed by atoms with E-state index in [9.17, 15) is 22.2 Å². The first-order valence-corrected chi connectivity index (χ1v) is 6.46. The highest BCUT2D eigenvalue weighted by Gasteiger charge is 2.40. The van der Waals surface area contributed by atoms with Crippen molar-refractivity contribution >= 4 is 17.2 Å². The maximum atomic E-state index is 12.1. The van der Waals surface area contributed by atoms with Crippen molar-refractivity contribution in [2.45, 2.75) is 12.1 Å². The van der Waals surface area contributed by atoms with Gasteiger partial charge in [-0.3, -0.25) is 9.58 Å². The monoisotopic (exact) mass is 313 g/mol. The Morgan fingerprint density at radius 2 is 2.25 bits per heavy atom. The normalized spacial score (nSPS) is 17.2. The lowest BCUT2D eigenvalue weighted by Crippen LogP contribution is -2.24. The van der Waals surface area contributed by atoms with E-state index in [0.717, 1.165) is 0 Å². The van der Waals surface area contributed by atoms with Gasteiger partial charge >= 0.3 is 22.7 Å². The summed E-state index contributed by atoms with van der Waals surface area (Å²) in [6.07, 6.45) is -0.507. The first-order valence-electron chi connectivity index (χ1n) is 5.39. The van der Waals surface area contributed by atoms with Crippen molar-refractivity contribution in [2.75, 3.05) is 13.2 Å². The molecule has 1 aliphatic rings. The number of alkyl halides is 3. The van der Waals surface area contributed by atoms with Crippen LogP contribution in [0.5, 0.6) is 5.88 Å². The number of carbonyl (C=O) groups excluding carboxylic acids is 1. The molecule has 112 valence electrons. The Balaban J connectivity index is 2.06. The number of hydrogen-bond acceptors (Lipinski definition) is 5. The summed E-state index contributed by atoms with van der Waals surface area (Å²) in [5, 5.41) is 3.65. The van der Waals surface area contributed by atoms with Crippen LogP contribution in [0.25, 0.3) is 0 Å². The van der Waals surface area contributed by atoms with E-state index in [-0.39, 0.29) is 13.2 Å². The van der Waals surface area contributed by atoms with Gasteiger partial charge in [-0.1, -0.05) is 0 Å². The molecule has 1 fully saturated rings. The van der Waals surface area contributed by atoms with E-state index in [2.05, 4.69) is 9.28 Å². The summed E-state index contributed by atoms with van der Waals surface area (Å²) in [6, 6.07) is 1.19. The summed E-state index contributed by atoms with van der Waals surface area (Å²) < 4.78 is 57.2. The molecule has 1 amide bonds. The standard InChI is InChI=1S/C9H10F3N3O4S/c1-14-6(5-15-2-3-18-8(15)16)4-7(13-14)19-20(17)9(10,11)12/h4H,2-3,5H2,1H3. The highest BCUT2D eigenvalue weighted by atomic mass is 32.2. The number of rotatable bonds is 4. The minimum atomic E-state index is -4.98. The van der Waals surface area contributed by atoms with Crippen molar-refractivity contribution < 1.29 is 31.1 Å². The van der Waals surface area contributed by atoms with E-state index in [1.165, 1.54) is 22.7 Å². The quantitative estimate of drug-likeness (QED) is 0.827. The third-order valence-corrected chi connectivity index (χ3v) is 3.20. The van der Waals surface area contributed by atoms with Gasteiger partial charge < -0.3 is 8.92 Å². The van der Waals surface area contributed by atoms with Crippen molar-refractivity contribution in [1.82, 2.24) is 14.7 Å². The van der Waals surface area contributed by atoms with Crippen LogP contribution in [0.3, 0.4) is 0 Å². The van der Waals surface area contributed by atoms with E-state index in [1.807, 2.05) is 0 Å². The molecule has 1 unspecified atom stereocenters. The van der Waals surface area contributed by atoms with Crippen LogP contribution in [0.2, 0.25) is 0 Å². The fourth-order valence-electron chi connectivity index (χ4n) is 1.56. The van der Waals surface area contributed by atoms with Gasteiger partial charge in [-0.2, -0.15) is 13.2 Å². The number of carbonyl (C=O) groups is 1. The number of aromatic nitrogens is 2. The van der Waals surface area contributed by atoms with Gasteiger partial charge in [-0.25, -0.2) is 9.00 Å². The molecular formula is C9H10F3N3O4S. The molecule has 11 heteroatoms. The summed E-state index contributed by atoms with van der Waals surface area (Å²) in [5.41, 5.74) is -4.55. The molecule has 0 radical (unpaired) electrons. The number of halogens is 3. The highest BCUT2D eigenvalue weighted by Crippen LogP contribution is 2.23. The molecule has 0 saturated carbocycles. The average molecular weight is 313 g/mol. The molecule has 1 atom stereocenters. The first kappa shape index (κ1) is 14.6. The zero-order chi connectivity index (χ0) is 14.9. The predicted molar refractivity (Wildman–Crippen MR) is 59.8 cm³/mol. The van der Waals surface area contributed by atoms with Gasteiger partial charge in [-0.05, 0) is 0 Å². The summed E-state index contributed by atoms with van der Waals surface area (Å²) in [5.74, 6) is -0.425.